The Balaban J connectivity index is 1.98. The highest BCUT2D eigenvalue weighted by Gasteiger charge is 2.31. The number of ether oxygens (including phenoxy) is 1. The molecule has 0 unspecified atom stereocenters. The minimum absolute atomic E-state index is 0.00454. The monoisotopic (exact) mass is 422 g/mol. The van der Waals surface area contributed by atoms with Crippen LogP contribution in [0.5, 0.6) is 5.75 Å². The molecule has 2 aromatic rings. The number of Topliss-reactive ketones (excluding diaryl/α,β-unsaturated/α-hetero) is 1. The third kappa shape index (κ3) is 6.53. The van der Waals surface area contributed by atoms with Crippen molar-refractivity contribution in [3.8, 4) is 5.75 Å². The van der Waals surface area contributed by atoms with Crippen molar-refractivity contribution in [2.45, 2.75) is 19.2 Å². The molecule has 10 heteroatoms. The average Bonchev–Trinajstić information content (AvgIpc) is 2.57. The smallest absolute Gasteiger partial charge is 0.416 e. The molecule has 0 aliphatic rings. The summed E-state index contributed by atoms with van der Waals surface area (Å²) in [5.41, 5.74) is -0.000124. The van der Waals surface area contributed by atoms with Gasteiger partial charge in [0.1, 0.15) is 12.4 Å². The molecule has 2 aromatic carbocycles. The van der Waals surface area contributed by atoms with Gasteiger partial charge in [-0.05, 0) is 23.8 Å². The third-order valence-corrected chi connectivity index (χ3v) is 4.53. The van der Waals surface area contributed by atoms with Gasteiger partial charge in [0, 0.05) is 12.0 Å². The second-order valence-corrected chi connectivity index (χ2v) is 7.57. The van der Waals surface area contributed by atoms with E-state index >= 15 is 0 Å². The molecule has 0 radical (unpaired) electrons. The second-order valence-electron chi connectivity index (χ2n) is 5.59. The number of ketones is 1. The summed E-state index contributed by atoms with van der Waals surface area (Å²) in [6.45, 7) is 0.00454. The zero-order valence-electron chi connectivity index (χ0n) is 13.7. The molecular formula is C17H14ClF3O5S. The lowest BCUT2D eigenvalue weighted by Gasteiger charge is -2.11. The summed E-state index contributed by atoms with van der Waals surface area (Å²) in [5, 5.41) is -0.179. The zero-order chi connectivity index (χ0) is 20.2. The fourth-order valence-electron chi connectivity index (χ4n) is 2.11. The summed E-state index contributed by atoms with van der Waals surface area (Å²) in [6, 6.07) is 8.78. The van der Waals surface area contributed by atoms with Gasteiger partial charge in [-0.2, -0.15) is 21.6 Å². The lowest BCUT2D eigenvalue weighted by atomic mass is 10.1. The number of hydrogen-bond acceptors (Lipinski definition) is 4. The number of halogens is 4. The first-order chi connectivity index (χ1) is 12.5. The first-order valence-corrected chi connectivity index (χ1v) is 9.51. The highest BCUT2D eigenvalue weighted by molar-refractivity contribution is 7.85. The highest BCUT2D eigenvalue weighted by Crippen LogP contribution is 2.34. The van der Waals surface area contributed by atoms with E-state index in [0.29, 0.717) is 5.56 Å². The predicted molar refractivity (Wildman–Crippen MR) is 92.6 cm³/mol. The molecule has 0 aliphatic carbocycles. The van der Waals surface area contributed by atoms with Crippen LogP contribution in [0.15, 0.2) is 42.5 Å². The second kappa shape index (κ2) is 8.28. The molecule has 0 saturated heterocycles. The van der Waals surface area contributed by atoms with Crippen LogP contribution in [-0.2, 0) is 22.9 Å². The zero-order valence-corrected chi connectivity index (χ0v) is 15.2. The fraction of sp³-hybridized carbons (Fsp3) is 0.235. The summed E-state index contributed by atoms with van der Waals surface area (Å²) >= 11 is 5.80. The van der Waals surface area contributed by atoms with Crippen molar-refractivity contribution in [2.24, 2.45) is 0 Å². The van der Waals surface area contributed by atoms with Gasteiger partial charge in [-0.25, -0.2) is 0 Å². The molecule has 0 aromatic heterocycles. The van der Waals surface area contributed by atoms with Crippen molar-refractivity contribution in [1.82, 2.24) is 0 Å². The Labute approximate surface area is 158 Å². The first kappa shape index (κ1) is 21.2. The van der Waals surface area contributed by atoms with E-state index in [1.165, 1.54) is 12.1 Å². The van der Waals surface area contributed by atoms with Crippen molar-refractivity contribution < 1.29 is 35.7 Å². The van der Waals surface area contributed by atoms with Crippen molar-refractivity contribution in [1.29, 1.82) is 0 Å². The van der Waals surface area contributed by atoms with Crippen molar-refractivity contribution in [2.75, 3.05) is 5.75 Å². The van der Waals surface area contributed by atoms with Crippen LogP contribution in [0.2, 0.25) is 5.02 Å². The number of carbonyl (C=O) groups is 1. The Morgan fingerprint density at radius 3 is 2.26 bits per heavy atom. The molecule has 5 nitrogen and oxygen atoms in total. The molecule has 0 spiro atoms. The van der Waals surface area contributed by atoms with Gasteiger partial charge in [0.25, 0.3) is 10.1 Å². The Bertz CT molecular complexity index is 925. The number of carbonyl (C=O) groups excluding carboxylic acids is 1. The van der Waals surface area contributed by atoms with E-state index in [9.17, 15) is 26.4 Å². The Morgan fingerprint density at radius 2 is 1.74 bits per heavy atom. The molecule has 0 aliphatic heterocycles. The van der Waals surface area contributed by atoms with Crippen LogP contribution >= 0.6 is 11.6 Å². The molecule has 0 saturated carbocycles. The average molecular weight is 423 g/mol. The standard InChI is InChI=1S/C17H14ClF3O5S/c18-14-9-13(17(19,20)21)5-6-16(14)26-10-11-1-3-12(4-2-11)15(22)7-8-27(23,24)25/h1-6,9H,7-8,10H2,(H,23,24,25). The first-order valence-electron chi connectivity index (χ1n) is 7.52. The third-order valence-electron chi connectivity index (χ3n) is 3.52. The van der Waals surface area contributed by atoms with Crippen LogP contribution in [0.25, 0.3) is 0 Å². The number of alkyl halides is 3. The van der Waals surface area contributed by atoms with E-state index in [-0.39, 0.29) is 29.4 Å². The van der Waals surface area contributed by atoms with Gasteiger partial charge >= 0.3 is 6.18 Å². The maximum absolute atomic E-state index is 12.6. The van der Waals surface area contributed by atoms with Gasteiger partial charge in [-0.3, -0.25) is 9.35 Å². The molecule has 0 amide bonds. The van der Waals surface area contributed by atoms with Crippen molar-refractivity contribution in [3.63, 3.8) is 0 Å². The lowest BCUT2D eigenvalue weighted by Crippen LogP contribution is -2.10. The SMILES string of the molecule is O=C(CCS(=O)(=O)O)c1ccc(COc2ccc(C(F)(F)F)cc2Cl)cc1. The van der Waals surface area contributed by atoms with Gasteiger partial charge in [0.05, 0.1) is 16.3 Å². The van der Waals surface area contributed by atoms with E-state index in [4.69, 9.17) is 20.9 Å². The van der Waals surface area contributed by atoms with E-state index in [2.05, 4.69) is 0 Å². The van der Waals surface area contributed by atoms with Gasteiger partial charge in [-0.15, -0.1) is 0 Å². The lowest BCUT2D eigenvalue weighted by molar-refractivity contribution is -0.137. The summed E-state index contributed by atoms with van der Waals surface area (Å²) < 4.78 is 73.2. The van der Waals surface area contributed by atoms with Gasteiger partial charge in [-0.1, -0.05) is 35.9 Å². The number of benzene rings is 2. The molecule has 0 atom stereocenters. The van der Waals surface area contributed by atoms with Crippen LogP contribution in [-0.4, -0.2) is 24.5 Å². The van der Waals surface area contributed by atoms with E-state index < -0.39 is 33.4 Å². The van der Waals surface area contributed by atoms with E-state index in [1.54, 1.807) is 12.1 Å². The van der Waals surface area contributed by atoms with Gasteiger partial charge in [0.15, 0.2) is 5.78 Å². The minimum atomic E-state index is -4.50. The molecule has 146 valence electrons. The topological polar surface area (TPSA) is 80.7 Å². The van der Waals surface area contributed by atoms with Gasteiger partial charge < -0.3 is 4.74 Å². The molecule has 0 fully saturated rings. The number of hydrogen-bond donors (Lipinski definition) is 1. The van der Waals surface area contributed by atoms with Gasteiger partial charge in [0.2, 0.25) is 0 Å². The molecule has 1 N–H and O–H groups in total. The summed E-state index contributed by atoms with van der Waals surface area (Å²) in [6.07, 6.45) is -4.85. The predicted octanol–water partition coefficient (Wildman–Crippen LogP) is 4.40. The Morgan fingerprint density at radius 1 is 1.11 bits per heavy atom. The maximum atomic E-state index is 12.6. The summed E-state index contributed by atoms with van der Waals surface area (Å²) in [7, 11) is -4.21. The quantitative estimate of drug-likeness (QED) is 0.528. The van der Waals surface area contributed by atoms with Crippen molar-refractivity contribution in [3.05, 3.63) is 64.2 Å². The largest absolute Gasteiger partial charge is 0.487 e. The van der Waals surface area contributed by atoms with Crippen molar-refractivity contribution >= 4 is 27.5 Å². The molecular weight excluding hydrogens is 409 g/mol. The minimum Gasteiger partial charge on any atom is -0.487 e. The molecule has 0 heterocycles. The van der Waals surface area contributed by atoms with E-state index in [0.717, 1.165) is 18.2 Å². The maximum Gasteiger partial charge on any atom is 0.416 e. The van der Waals surface area contributed by atoms with Crippen LogP contribution in [0.1, 0.15) is 27.9 Å². The summed E-state index contributed by atoms with van der Waals surface area (Å²) in [4.78, 5) is 11.8. The van der Waals surface area contributed by atoms with Crippen LogP contribution in [0, 0.1) is 0 Å². The summed E-state index contributed by atoms with van der Waals surface area (Å²) in [5.74, 6) is -1.04. The highest BCUT2D eigenvalue weighted by atomic mass is 35.5. The van der Waals surface area contributed by atoms with Crippen LogP contribution in [0.4, 0.5) is 13.2 Å². The van der Waals surface area contributed by atoms with E-state index in [1.807, 2.05) is 0 Å². The molecule has 0 bridgehead atoms. The number of rotatable bonds is 7. The van der Waals surface area contributed by atoms with Crippen LogP contribution in [0.3, 0.4) is 0 Å². The van der Waals surface area contributed by atoms with Crippen LogP contribution < -0.4 is 4.74 Å². The molecule has 27 heavy (non-hydrogen) atoms. The fourth-order valence-corrected chi connectivity index (χ4v) is 2.79. The molecule has 2 rings (SSSR count). The Kier molecular flexibility index (Phi) is 6.50. The normalized spacial score (nSPS) is 12.0. The Hall–Kier alpha value is -2.10.